The molecule has 1 aromatic carbocycles. The Morgan fingerprint density at radius 1 is 1.33 bits per heavy atom. The lowest BCUT2D eigenvalue weighted by atomic mass is 9.75. The molecule has 2 aromatic rings. The molecule has 8 nitrogen and oxygen atoms in total. The molecular formula is C31H41N3O5. The fraction of sp³-hybridized carbons (Fsp3) is 0.452. The van der Waals surface area contributed by atoms with Crippen molar-refractivity contribution in [2.75, 3.05) is 13.2 Å². The van der Waals surface area contributed by atoms with Gasteiger partial charge in [-0.15, -0.1) is 0 Å². The fourth-order valence-corrected chi connectivity index (χ4v) is 4.82. The van der Waals surface area contributed by atoms with E-state index in [4.69, 9.17) is 14.9 Å². The van der Waals surface area contributed by atoms with Crippen molar-refractivity contribution in [1.82, 2.24) is 9.88 Å². The monoisotopic (exact) mass is 535 g/mol. The maximum atomic E-state index is 13.2. The molecule has 0 aliphatic carbocycles. The lowest BCUT2D eigenvalue weighted by Crippen LogP contribution is -2.54. The number of allylic oxidation sites excluding steroid dienone is 4. The lowest BCUT2D eigenvalue weighted by Gasteiger charge is -2.44. The topological polar surface area (TPSA) is 119 Å². The van der Waals surface area contributed by atoms with Crippen LogP contribution in [0.3, 0.4) is 0 Å². The van der Waals surface area contributed by atoms with Crippen LogP contribution in [0.5, 0.6) is 5.75 Å². The summed E-state index contributed by atoms with van der Waals surface area (Å²) < 4.78 is 11.6. The van der Waals surface area contributed by atoms with Gasteiger partial charge in [-0.2, -0.15) is 0 Å². The molecule has 210 valence electrons. The number of aromatic nitrogens is 1. The molecule has 0 saturated heterocycles. The third kappa shape index (κ3) is 8.17. The van der Waals surface area contributed by atoms with Crippen LogP contribution in [-0.4, -0.2) is 45.6 Å². The number of benzene rings is 1. The highest BCUT2D eigenvalue weighted by atomic mass is 16.5. The molecule has 3 rings (SSSR count). The van der Waals surface area contributed by atoms with Gasteiger partial charge in [0.25, 0.3) is 0 Å². The summed E-state index contributed by atoms with van der Waals surface area (Å²) in [5.41, 5.74) is 7.83. The summed E-state index contributed by atoms with van der Waals surface area (Å²) >= 11 is 0. The summed E-state index contributed by atoms with van der Waals surface area (Å²) in [7, 11) is 0. The second kappa shape index (κ2) is 13.9. The number of nitrogens with two attached hydrogens (primary N) is 1. The Kier molecular flexibility index (Phi) is 10.7. The number of nitrogens with zero attached hydrogens (tertiary/aromatic N) is 2. The normalized spacial score (nSPS) is 16.7. The average Bonchev–Trinajstić information content (AvgIpc) is 3.33. The zero-order valence-electron chi connectivity index (χ0n) is 23.4. The van der Waals surface area contributed by atoms with Crippen molar-refractivity contribution in [1.29, 1.82) is 0 Å². The van der Waals surface area contributed by atoms with E-state index in [1.165, 1.54) is 6.08 Å². The van der Waals surface area contributed by atoms with Crippen molar-refractivity contribution in [2.24, 2.45) is 11.7 Å². The van der Waals surface area contributed by atoms with E-state index in [0.29, 0.717) is 37.6 Å². The van der Waals surface area contributed by atoms with E-state index in [1.807, 2.05) is 37.3 Å². The standard InChI is InChI=1S/C31H41N3O5/c1-5-7-9-11-12-26-33-23(21-39-26)17-19-38-24-15-14-22-16-18-34(27(35)13-10-8-6-2)29(25(22)20-24)28(30(36)37)31(3,4)32/h6,8,10-15,20-21,28-29H,5,7,9,16-19,32H2,1-4H3,(H,36,37). The van der Waals surface area contributed by atoms with Crippen molar-refractivity contribution in [3.8, 4) is 5.75 Å². The molecule has 2 atom stereocenters. The van der Waals surface area contributed by atoms with Gasteiger partial charge < -0.3 is 24.9 Å². The predicted octanol–water partition coefficient (Wildman–Crippen LogP) is 5.50. The van der Waals surface area contributed by atoms with Crippen LogP contribution in [0, 0.1) is 5.92 Å². The number of hydrogen-bond donors (Lipinski definition) is 2. The van der Waals surface area contributed by atoms with E-state index < -0.39 is 23.5 Å². The highest BCUT2D eigenvalue weighted by Crippen LogP contribution is 2.41. The molecule has 1 aliphatic rings. The van der Waals surface area contributed by atoms with Gasteiger partial charge in [-0.3, -0.25) is 9.59 Å². The highest BCUT2D eigenvalue weighted by Gasteiger charge is 2.45. The van der Waals surface area contributed by atoms with E-state index >= 15 is 0 Å². The number of carbonyl (C=O) groups excluding carboxylic acids is 1. The summed E-state index contributed by atoms with van der Waals surface area (Å²) in [4.78, 5) is 31.8. The number of ether oxygens (including phenoxy) is 1. The van der Waals surface area contributed by atoms with Gasteiger partial charge in [0.15, 0.2) is 0 Å². The number of carboxylic acids is 1. The number of carbonyl (C=O) groups is 2. The molecule has 1 aliphatic heterocycles. The molecular weight excluding hydrogens is 494 g/mol. The van der Waals surface area contributed by atoms with Gasteiger partial charge in [0.1, 0.15) is 12.0 Å². The average molecular weight is 536 g/mol. The van der Waals surface area contributed by atoms with Crippen LogP contribution in [0.25, 0.3) is 6.08 Å². The highest BCUT2D eigenvalue weighted by molar-refractivity contribution is 5.89. The molecule has 2 unspecified atom stereocenters. The first kappa shape index (κ1) is 29.9. The Labute approximate surface area is 231 Å². The Bertz CT molecular complexity index is 1210. The minimum Gasteiger partial charge on any atom is -0.493 e. The molecule has 39 heavy (non-hydrogen) atoms. The quantitative estimate of drug-likeness (QED) is 0.198. The number of amides is 1. The number of oxazole rings is 1. The Hall–Kier alpha value is -3.65. The lowest BCUT2D eigenvalue weighted by molar-refractivity contribution is -0.149. The third-order valence-corrected chi connectivity index (χ3v) is 6.78. The first-order chi connectivity index (χ1) is 18.7. The molecule has 0 saturated carbocycles. The van der Waals surface area contributed by atoms with E-state index in [9.17, 15) is 14.7 Å². The number of aliphatic carboxylic acids is 1. The summed E-state index contributed by atoms with van der Waals surface area (Å²) in [6.07, 6.45) is 16.7. The predicted molar refractivity (Wildman–Crippen MR) is 152 cm³/mol. The van der Waals surface area contributed by atoms with E-state index in [-0.39, 0.29) is 5.91 Å². The van der Waals surface area contributed by atoms with E-state index in [0.717, 1.165) is 36.1 Å². The van der Waals surface area contributed by atoms with Crippen LogP contribution >= 0.6 is 0 Å². The summed E-state index contributed by atoms with van der Waals surface area (Å²) in [6, 6.07) is 4.94. The molecule has 8 heteroatoms. The zero-order valence-corrected chi connectivity index (χ0v) is 23.4. The van der Waals surface area contributed by atoms with Crippen LogP contribution in [0.15, 0.2) is 59.3 Å². The van der Waals surface area contributed by atoms with Gasteiger partial charge >= 0.3 is 5.97 Å². The van der Waals surface area contributed by atoms with Crippen LogP contribution in [0.2, 0.25) is 0 Å². The van der Waals surface area contributed by atoms with Crippen molar-refractivity contribution < 1.29 is 23.8 Å². The Balaban J connectivity index is 1.81. The van der Waals surface area contributed by atoms with Gasteiger partial charge in [0, 0.05) is 24.6 Å². The van der Waals surface area contributed by atoms with Gasteiger partial charge in [-0.25, -0.2) is 4.98 Å². The Morgan fingerprint density at radius 3 is 2.82 bits per heavy atom. The first-order valence-electron chi connectivity index (χ1n) is 13.6. The summed E-state index contributed by atoms with van der Waals surface area (Å²) in [5.74, 6) is -1.15. The van der Waals surface area contributed by atoms with Crippen LogP contribution < -0.4 is 10.5 Å². The maximum Gasteiger partial charge on any atom is 0.310 e. The SMILES string of the molecule is CC=CC=CC(=O)N1CCc2ccc(OCCc3coc(C=CCCCC)n3)cc2C1C(C(=O)O)C(C)(C)N. The Morgan fingerprint density at radius 2 is 2.13 bits per heavy atom. The minimum atomic E-state index is -1.08. The van der Waals surface area contributed by atoms with Crippen molar-refractivity contribution in [3.63, 3.8) is 0 Å². The third-order valence-electron chi connectivity index (χ3n) is 6.78. The molecule has 2 heterocycles. The largest absolute Gasteiger partial charge is 0.493 e. The van der Waals surface area contributed by atoms with Gasteiger partial charge in [-0.1, -0.05) is 50.1 Å². The molecule has 0 spiro atoms. The number of hydrogen-bond acceptors (Lipinski definition) is 6. The van der Waals surface area contributed by atoms with Crippen LogP contribution in [-0.2, 0) is 22.4 Å². The zero-order chi connectivity index (χ0) is 28.4. The number of fused-ring (bicyclic) bond motifs is 1. The molecule has 1 aromatic heterocycles. The molecule has 1 amide bonds. The van der Waals surface area contributed by atoms with Crippen LogP contribution in [0.4, 0.5) is 0 Å². The second-order valence-electron chi connectivity index (χ2n) is 10.4. The summed E-state index contributed by atoms with van der Waals surface area (Å²) in [5, 5.41) is 10.2. The number of rotatable bonds is 13. The minimum absolute atomic E-state index is 0.254. The summed E-state index contributed by atoms with van der Waals surface area (Å²) in [6.45, 7) is 8.16. The van der Waals surface area contributed by atoms with Gasteiger partial charge in [0.05, 0.1) is 24.3 Å². The smallest absolute Gasteiger partial charge is 0.310 e. The van der Waals surface area contributed by atoms with E-state index in [2.05, 4.69) is 18.0 Å². The molecule has 0 fully saturated rings. The van der Waals surface area contributed by atoms with Gasteiger partial charge in [0.2, 0.25) is 11.8 Å². The van der Waals surface area contributed by atoms with Crippen molar-refractivity contribution in [2.45, 2.75) is 71.4 Å². The second-order valence-corrected chi connectivity index (χ2v) is 10.4. The number of carboxylic acid groups (broad SMARTS) is 1. The maximum absolute atomic E-state index is 13.2. The molecule has 3 N–H and O–H groups in total. The first-order valence-corrected chi connectivity index (χ1v) is 13.6. The van der Waals surface area contributed by atoms with E-state index in [1.54, 1.807) is 37.2 Å². The van der Waals surface area contributed by atoms with Crippen molar-refractivity contribution >= 4 is 18.0 Å². The van der Waals surface area contributed by atoms with Gasteiger partial charge in [-0.05, 0) is 62.9 Å². The fourth-order valence-electron chi connectivity index (χ4n) is 4.82. The molecule has 0 radical (unpaired) electrons. The number of unbranched alkanes of at least 4 members (excludes halogenated alkanes) is 2. The molecule has 0 bridgehead atoms. The van der Waals surface area contributed by atoms with Crippen molar-refractivity contribution in [3.05, 3.63) is 77.6 Å². The van der Waals surface area contributed by atoms with Crippen LogP contribution in [0.1, 0.15) is 75.7 Å².